The predicted molar refractivity (Wildman–Crippen MR) is 77.5 cm³/mol. The summed E-state index contributed by atoms with van der Waals surface area (Å²) in [6.45, 7) is 5.67. The second kappa shape index (κ2) is 7.28. The van der Waals surface area contributed by atoms with E-state index in [4.69, 9.17) is 0 Å². The molecule has 0 saturated heterocycles. The molecule has 0 atom stereocenters. The Balaban J connectivity index is 2.86. The number of carbonyl (C=O) groups excluding carboxylic acids is 1. The topological polar surface area (TPSA) is 50.2 Å². The fourth-order valence-corrected chi connectivity index (χ4v) is 2.18. The summed E-state index contributed by atoms with van der Waals surface area (Å²) in [4.78, 5) is 14.4. The Morgan fingerprint density at radius 3 is 2.58 bits per heavy atom. The SMILES string of the molecule is CCCc1nn(C)c(CC)c1C(=O)NCCN(C)C. The van der Waals surface area contributed by atoms with E-state index < -0.39 is 0 Å². The molecule has 5 nitrogen and oxygen atoms in total. The van der Waals surface area contributed by atoms with Gasteiger partial charge in [0.1, 0.15) is 0 Å². The number of aromatic nitrogens is 2. The molecule has 0 aliphatic carbocycles. The van der Waals surface area contributed by atoms with Crippen LogP contribution in [0.5, 0.6) is 0 Å². The van der Waals surface area contributed by atoms with Gasteiger partial charge in [-0.25, -0.2) is 0 Å². The smallest absolute Gasteiger partial charge is 0.255 e. The van der Waals surface area contributed by atoms with Crippen molar-refractivity contribution in [3.63, 3.8) is 0 Å². The molecule has 0 aromatic carbocycles. The monoisotopic (exact) mass is 266 g/mol. The number of rotatable bonds is 7. The van der Waals surface area contributed by atoms with E-state index in [9.17, 15) is 4.79 Å². The molecule has 19 heavy (non-hydrogen) atoms. The second-order valence-corrected chi connectivity index (χ2v) is 5.05. The van der Waals surface area contributed by atoms with Gasteiger partial charge in [0, 0.05) is 20.1 Å². The highest BCUT2D eigenvalue weighted by atomic mass is 16.1. The highest BCUT2D eigenvalue weighted by Crippen LogP contribution is 2.16. The molecule has 1 heterocycles. The number of hydrogen-bond acceptors (Lipinski definition) is 3. The molecule has 5 heteroatoms. The van der Waals surface area contributed by atoms with Gasteiger partial charge in [-0.1, -0.05) is 20.3 Å². The Hall–Kier alpha value is -1.36. The molecule has 0 aliphatic heterocycles. The van der Waals surface area contributed by atoms with E-state index in [1.165, 1.54) is 0 Å². The zero-order chi connectivity index (χ0) is 14.4. The minimum atomic E-state index is 0.00949. The third-order valence-corrected chi connectivity index (χ3v) is 3.13. The largest absolute Gasteiger partial charge is 0.351 e. The average Bonchev–Trinajstić information content (AvgIpc) is 2.65. The van der Waals surface area contributed by atoms with Crippen molar-refractivity contribution in [1.29, 1.82) is 0 Å². The quantitative estimate of drug-likeness (QED) is 0.807. The van der Waals surface area contributed by atoms with Crippen LogP contribution in [0.25, 0.3) is 0 Å². The Morgan fingerprint density at radius 1 is 1.37 bits per heavy atom. The zero-order valence-corrected chi connectivity index (χ0v) is 12.8. The number of nitrogens with zero attached hydrogens (tertiary/aromatic N) is 3. The van der Waals surface area contributed by atoms with Gasteiger partial charge < -0.3 is 10.2 Å². The van der Waals surface area contributed by atoms with Crippen molar-refractivity contribution in [2.45, 2.75) is 33.1 Å². The third kappa shape index (κ3) is 4.06. The van der Waals surface area contributed by atoms with Crippen LogP contribution in [0.2, 0.25) is 0 Å². The van der Waals surface area contributed by atoms with E-state index in [-0.39, 0.29) is 5.91 Å². The molecule has 0 saturated carbocycles. The van der Waals surface area contributed by atoms with Crippen molar-refractivity contribution in [2.24, 2.45) is 7.05 Å². The van der Waals surface area contributed by atoms with Crippen molar-refractivity contribution in [3.05, 3.63) is 17.0 Å². The van der Waals surface area contributed by atoms with Crippen LogP contribution in [0.1, 0.15) is 42.0 Å². The van der Waals surface area contributed by atoms with Crippen molar-refractivity contribution in [1.82, 2.24) is 20.0 Å². The van der Waals surface area contributed by atoms with E-state index in [2.05, 4.69) is 29.2 Å². The van der Waals surface area contributed by atoms with Crippen molar-refractivity contribution < 1.29 is 4.79 Å². The highest BCUT2D eigenvalue weighted by molar-refractivity contribution is 5.96. The van der Waals surface area contributed by atoms with Crippen LogP contribution in [0.4, 0.5) is 0 Å². The molecular formula is C14H26N4O. The van der Waals surface area contributed by atoms with Gasteiger partial charge >= 0.3 is 0 Å². The Morgan fingerprint density at radius 2 is 2.05 bits per heavy atom. The standard InChI is InChI=1S/C14H26N4O/c1-6-8-11-13(12(7-2)18(5)16-11)14(19)15-9-10-17(3)4/h6-10H2,1-5H3,(H,15,19). The minimum Gasteiger partial charge on any atom is -0.351 e. The van der Waals surface area contributed by atoms with E-state index in [1.807, 2.05) is 25.8 Å². The van der Waals surface area contributed by atoms with Crippen LogP contribution < -0.4 is 5.32 Å². The number of aryl methyl sites for hydroxylation is 2. The lowest BCUT2D eigenvalue weighted by atomic mass is 10.1. The summed E-state index contributed by atoms with van der Waals surface area (Å²) >= 11 is 0. The molecule has 1 aromatic heterocycles. The lowest BCUT2D eigenvalue weighted by molar-refractivity contribution is 0.0949. The first-order chi connectivity index (χ1) is 9.01. The van der Waals surface area contributed by atoms with Gasteiger partial charge in [0.25, 0.3) is 5.91 Å². The first-order valence-electron chi connectivity index (χ1n) is 6.98. The summed E-state index contributed by atoms with van der Waals surface area (Å²) in [5.41, 5.74) is 2.72. The summed E-state index contributed by atoms with van der Waals surface area (Å²) in [5.74, 6) is 0.00949. The number of likely N-dealkylation sites (N-methyl/N-ethyl adjacent to an activating group) is 1. The number of amides is 1. The molecule has 0 bridgehead atoms. The van der Waals surface area contributed by atoms with Gasteiger partial charge in [0.05, 0.1) is 17.0 Å². The maximum absolute atomic E-state index is 12.3. The van der Waals surface area contributed by atoms with Gasteiger partial charge in [-0.3, -0.25) is 9.48 Å². The Labute approximate surface area is 116 Å². The number of carbonyl (C=O) groups is 1. The summed E-state index contributed by atoms with van der Waals surface area (Å²) in [7, 11) is 5.90. The van der Waals surface area contributed by atoms with Crippen LogP contribution in [-0.2, 0) is 19.9 Å². The molecule has 0 unspecified atom stereocenters. The lowest BCUT2D eigenvalue weighted by Crippen LogP contribution is -2.32. The maximum Gasteiger partial charge on any atom is 0.255 e. The minimum absolute atomic E-state index is 0.00949. The van der Waals surface area contributed by atoms with E-state index in [0.29, 0.717) is 6.54 Å². The highest BCUT2D eigenvalue weighted by Gasteiger charge is 2.20. The fraction of sp³-hybridized carbons (Fsp3) is 0.714. The molecule has 1 N–H and O–H groups in total. The van der Waals surface area contributed by atoms with Gasteiger partial charge in [-0.2, -0.15) is 5.10 Å². The summed E-state index contributed by atoms with van der Waals surface area (Å²) in [5, 5.41) is 7.46. The molecule has 0 aliphatic rings. The lowest BCUT2D eigenvalue weighted by Gasteiger charge is -2.11. The molecule has 108 valence electrons. The summed E-state index contributed by atoms with van der Waals surface area (Å²) in [6.07, 6.45) is 2.67. The third-order valence-electron chi connectivity index (χ3n) is 3.13. The van der Waals surface area contributed by atoms with E-state index in [1.54, 1.807) is 0 Å². The van der Waals surface area contributed by atoms with Crippen LogP contribution >= 0.6 is 0 Å². The average molecular weight is 266 g/mol. The molecule has 0 fully saturated rings. The Bertz CT molecular complexity index is 423. The molecular weight excluding hydrogens is 240 g/mol. The predicted octanol–water partition coefficient (Wildman–Crippen LogP) is 1.23. The van der Waals surface area contributed by atoms with Crippen LogP contribution in [0.15, 0.2) is 0 Å². The fourth-order valence-electron chi connectivity index (χ4n) is 2.18. The first-order valence-corrected chi connectivity index (χ1v) is 6.98. The molecule has 0 spiro atoms. The summed E-state index contributed by atoms with van der Waals surface area (Å²) < 4.78 is 1.84. The van der Waals surface area contributed by atoms with Crippen molar-refractivity contribution in [3.8, 4) is 0 Å². The first kappa shape index (κ1) is 15.7. The number of nitrogens with one attached hydrogen (secondary N) is 1. The molecule has 0 radical (unpaired) electrons. The zero-order valence-electron chi connectivity index (χ0n) is 12.8. The molecule has 1 rings (SSSR count). The van der Waals surface area contributed by atoms with Crippen molar-refractivity contribution in [2.75, 3.05) is 27.2 Å². The normalized spacial score (nSPS) is 11.1. The summed E-state index contributed by atoms with van der Waals surface area (Å²) in [6, 6.07) is 0. The molecule has 1 aromatic rings. The second-order valence-electron chi connectivity index (χ2n) is 5.05. The van der Waals surface area contributed by atoms with Crippen LogP contribution in [-0.4, -0.2) is 47.8 Å². The number of hydrogen-bond donors (Lipinski definition) is 1. The van der Waals surface area contributed by atoms with Gasteiger partial charge in [0.15, 0.2) is 0 Å². The van der Waals surface area contributed by atoms with E-state index in [0.717, 1.165) is 42.8 Å². The van der Waals surface area contributed by atoms with E-state index >= 15 is 0 Å². The van der Waals surface area contributed by atoms with Crippen LogP contribution in [0, 0.1) is 0 Å². The van der Waals surface area contributed by atoms with Gasteiger partial charge in [-0.15, -0.1) is 0 Å². The maximum atomic E-state index is 12.3. The Kier molecular flexibility index (Phi) is 6.02. The van der Waals surface area contributed by atoms with Crippen LogP contribution in [0.3, 0.4) is 0 Å². The van der Waals surface area contributed by atoms with Gasteiger partial charge in [0.2, 0.25) is 0 Å². The van der Waals surface area contributed by atoms with Crippen molar-refractivity contribution >= 4 is 5.91 Å². The van der Waals surface area contributed by atoms with Gasteiger partial charge in [-0.05, 0) is 26.9 Å². The molecule has 1 amide bonds.